The van der Waals surface area contributed by atoms with Crippen LogP contribution in [0.2, 0.25) is 5.02 Å². The second-order valence-corrected chi connectivity index (χ2v) is 8.59. The van der Waals surface area contributed by atoms with Crippen molar-refractivity contribution in [2.75, 3.05) is 33.4 Å². The Morgan fingerprint density at radius 1 is 1.24 bits per heavy atom. The van der Waals surface area contributed by atoms with Crippen molar-refractivity contribution in [1.29, 1.82) is 0 Å². The number of aromatic nitrogens is 2. The number of amides is 1. The molecule has 33 heavy (non-hydrogen) atoms. The van der Waals surface area contributed by atoms with Crippen LogP contribution in [-0.4, -0.2) is 60.0 Å². The Kier molecular flexibility index (Phi) is 7.99. The van der Waals surface area contributed by atoms with E-state index in [1.807, 2.05) is 36.4 Å². The molecule has 1 aromatic heterocycles. The van der Waals surface area contributed by atoms with Crippen LogP contribution >= 0.6 is 11.6 Å². The predicted octanol–water partition coefficient (Wildman–Crippen LogP) is 3.95. The molecule has 8 heteroatoms. The first-order chi connectivity index (χ1) is 16.1. The molecule has 0 atom stereocenters. The van der Waals surface area contributed by atoms with E-state index < -0.39 is 0 Å². The van der Waals surface area contributed by atoms with Crippen molar-refractivity contribution in [1.82, 2.24) is 20.0 Å². The molecule has 0 radical (unpaired) electrons. The number of hydrogen-bond acceptors (Lipinski definition) is 5. The van der Waals surface area contributed by atoms with Crippen molar-refractivity contribution in [3.63, 3.8) is 0 Å². The third kappa shape index (κ3) is 6.57. The maximum atomic E-state index is 12.6. The fraction of sp³-hybridized carbons (Fsp3) is 0.360. The quantitative estimate of drug-likeness (QED) is 0.515. The second-order valence-electron chi connectivity index (χ2n) is 8.15. The van der Waals surface area contributed by atoms with Crippen molar-refractivity contribution >= 4 is 17.5 Å². The van der Waals surface area contributed by atoms with Gasteiger partial charge in [-0.1, -0.05) is 23.7 Å². The third-order valence-corrected chi connectivity index (χ3v) is 6.07. The van der Waals surface area contributed by atoms with E-state index in [-0.39, 0.29) is 5.91 Å². The van der Waals surface area contributed by atoms with Gasteiger partial charge < -0.3 is 14.8 Å². The van der Waals surface area contributed by atoms with Crippen molar-refractivity contribution in [3.05, 3.63) is 77.1 Å². The highest BCUT2D eigenvalue weighted by Gasteiger charge is 2.18. The predicted molar refractivity (Wildman–Crippen MR) is 128 cm³/mol. The monoisotopic (exact) mass is 468 g/mol. The molecule has 2 heterocycles. The summed E-state index contributed by atoms with van der Waals surface area (Å²) in [5, 5.41) is 7.87. The van der Waals surface area contributed by atoms with Gasteiger partial charge in [0.05, 0.1) is 17.4 Å². The normalized spacial score (nSPS) is 14.4. The minimum atomic E-state index is -0.181. The second kappa shape index (κ2) is 11.3. The molecule has 4 rings (SSSR count). The molecular formula is C25H29ClN4O3. The maximum absolute atomic E-state index is 12.6. The van der Waals surface area contributed by atoms with Crippen LogP contribution in [0.15, 0.2) is 60.9 Å². The largest absolute Gasteiger partial charge is 0.492 e. The first-order valence-electron chi connectivity index (χ1n) is 11.2. The molecule has 1 saturated heterocycles. The molecule has 2 aromatic carbocycles. The van der Waals surface area contributed by atoms with Gasteiger partial charge in [0.15, 0.2) is 0 Å². The lowest BCUT2D eigenvalue weighted by Crippen LogP contribution is -2.38. The molecule has 174 valence electrons. The van der Waals surface area contributed by atoms with E-state index in [1.54, 1.807) is 29.2 Å². The molecule has 1 aliphatic rings. The smallest absolute Gasteiger partial charge is 0.254 e. The molecule has 0 bridgehead atoms. The van der Waals surface area contributed by atoms with E-state index >= 15 is 0 Å². The minimum absolute atomic E-state index is 0.181. The number of nitrogens with zero attached hydrogens (tertiary/aromatic N) is 3. The van der Waals surface area contributed by atoms with Gasteiger partial charge in [0, 0.05) is 43.6 Å². The minimum Gasteiger partial charge on any atom is -0.492 e. The average Bonchev–Trinajstić information content (AvgIpc) is 3.34. The molecule has 0 saturated carbocycles. The molecular weight excluding hydrogens is 440 g/mol. The Balaban J connectivity index is 1.25. The first kappa shape index (κ1) is 23.3. The highest BCUT2D eigenvalue weighted by atomic mass is 35.5. The molecule has 0 spiro atoms. The van der Waals surface area contributed by atoms with Gasteiger partial charge in [-0.2, -0.15) is 5.10 Å². The standard InChI is InChI=1S/C25H29ClN4O3/c1-29(22-9-12-32-13-10-22)11-14-33-24-4-2-3-19(15-24)16-27-25(31)20-17-28-30(18-20)23-7-5-21(26)6-8-23/h2-8,15,17-18,22H,9-14,16H2,1H3,(H,27,31). The topological polar surface area (TPSA) is 68.6 Å². The molecule has 1 aliphatic heterocycles. The summed E-state index contributed by atoms with van der Waals surface area (Å²) in [6, 6.07) is 15.7. The van der Waals surface area contributed by atoms with Crippen LogP contribution in [-0.2, 0) is 11.3 Å². The molecule has 0 aliphatic carbocycles. The van der Waals surface area contributed by atoms with Crippen LogP contribution in [0.3, 0.4) is 0 Å². The van der Waals surface area contributed by atoms with Gasteiger partial charge in [-0.05, 0) is 61.9 Å². The van der Waals surface area contributed by atoms with Crippen LogP contribution in [0.25, 0.3) is 5.69 Å². The Labute approximate surface area is 199 Å². The van der Waals surface area contributed by atoms with Gasteiger partial charge in [0.1, 0.15) is 12.4 Å². The van der Waals surface area contributed by atoms with Crippen molar-refractivity contribution in [2.45, 2.75) is 25.4 Å². The van der Waals surface area contributed by atoms with Gasteiger partial charge in [-0.3, -0.25) is 9.69 Å². The van der Waals surface area contributed by atoms with Crippen LogP contribution in [0.5, 0.6) is 5.75 Å². The van der Waals surface area contributed by atoms with E-state index in [0.717, 1.165) is 49.6 Å². The first-order valence-corrected chi connectivity index (χ1v) is 11.5. The van der Waals surface area contributed by atoms with Gasteiger partial charge in [-0.15, -0.1) is 0 Å². The summed E-state index contributed by atoms with van der Waals surface area (Å²) in [4.78, 5) is 14.9. The summed E-state index contributed by atoms with van der Waals surface area (Å²) >= 11 is 5.93. The van der Waals surface area contributed by atoms with Gasteiger partial charge >= 0.3 is 0 Å². The van der Waals surface area contributed by atoms with Crippen molar-refractivity contribution in [3.8, 4) is 11.4 Å². The average molecular weight is 469 g/mol. The molecule has 7 nitrogen and oxygen atoms in total. The van der Waals surface area contributed by atoms with E-state index in [0.29, 0.717) is 29.8 Å². The number of likely N-dealkylation sites (N-methyl/N-ethyl adjacent to an activating group) is 1. The summed E-state index contributed by atoms with van der Waals surface area (Å²) in [5.41, 5.74) is 2.31. The zero-order valence-electron chi connectivity index (χ0n) is 18.7. The number of hydrogen-bond donors (Lipinski definition) is 1. The fourth-order valence-electron chi connectivity index (χ4n) is 3.82. The number of ether oxygens (including phenoxy) is 2. The Bertz CT molecular complexity index is 1050. The number of benzene rings is 2. The molecule has 1 amide bonds. The number of carbonyl (C=O) groups excluding carboxylic acids is 1. The fourth-order valence-corrected chi connectivity index (χ4v) is 3.95. The Hall–Kier alpha value is -2.87. The van der Waals surface area contributed by atoms with Gasteiger partial charge in [-0.25, -0.2) is 4.68 Å². The molecule has 1 fully saturated rings. The molecule has 3 aromatic rings. The van der Waals surface area contributed by atoms with E-state index in [1.165, 1.54) is 0 Å². The summed E-state index contributed by atoms with van der Waals surface area (Å²) in [6.07, 6.45) is 5.40. The summed E-state index contributed by atoms with van der Waals surface area (Å²) in [5.74, 6) is 0.623. The lowest BCUT2D eigenvalue weighted by Gasteiger charge is -2.31. The van der Waals surface area contributed by atoms with E-state index in [9.17, 15) is 4.79 Å². The van der Waals surface area contributed by atoms with Crippen LogP contribution in [0, 0.1) is 0 Å². The zero-order chi connectivity index (χ0) is 23.0. The van der Waals surface area contributed by atoms with E-state index in [2.05, 4.69) is 22.4 Å². The third-order valence-electron chi connectivity index (χ3n) is 5.81. The SMILES string of the molecule is CN(CCOc1cccc(CNC(=O)c2cnn(-c3ccc(Cl)cc3)c2)c1)C1CCOCC1. The summed E-state index contributed by atoms with van der Waals surface area (Å²) in [7, 11) is 2.14. The summed E-state index contributed by atoms with van der Waals surface area (Å²) < 4.78 is 13.0. The Morgan fingerprint density at radius 2 is 2.03 bits per heavy atom. The van der Waals surface area contributed by atoms with Crippen molar-refractivity contribution < 1.29 is 14.3 Å². The number of rotatable bonds is 9. The summed E-state index contributed by atoms with van der Waals surface area (Å²) in [6.45, 7) is 3.57. The highest BCUT2D eigenvalue weighted by molar-refractivity contribution is 6.30. The lowest BCUT2D eigenvalue weighted by molar-refractivity contribution is 0.0392. The van der Waals surface area contributed by atoms with E-state index in [4.69, 9.17) is 21.1 Å². The van der Waals surface area contributed by atoms with Gasteiger partial charge in [0.25, 0.3) is 5.91 Å². The number of carbonyl (C=O) groups is 1. The molecule has 0 unspecified atom stereocenters. The molecule has 1 N–H and O–H groups in total. The number of halogens is 1. The van der Waals surface area contributed by atoms with Crippen LogP contribution < -0.4 is 10.1 Å². The van der Waals surface area contributed by atoms with Crippen molar-refractivity contribution in [2.24, 2.45) is 0 Å². The lowest BCUT2D eigenvalue weighted by atomic mass is 10.1. The zero-order valence-corrected chi connectivity index (χ0v) is 19.5. The Morgan fingerprint density at radius 3 is 2.82 bits per heavy atom. The number of nitrogens with one attached hydrogen (secondary N) is 1. The van der Waals surface area contributed by atoms with Gasteiger partial charge in [0.2, 0.25) is 0 Å². The van der Waals surface area contributed by atoms with Crippen LogP contribution in [0.1, 0.15) is 28.8 Å². The highest BCUT2D eigenvalue weighted by Crippen LogP contribution is 2.16. The maximum Gasteiger partial charge on any atom is 0.254 e. The van der Waals surface area contributed by atoms with Crippen LogP contribution in [0.4, 0.5) is 0 Å².